The fraction of sp³-hybridized carbons (Fsp3) is 0.235. The second-order valence-corrected chi connectivity index (χ2v) is 5.07. The molecule has 2 heteroatoms. The van der Waals surface area contributed by atoms with Crippen molar-refractivity contribution in [1.29, 1.82) is 0 Å². The first kappa shape index (κ1) is 13.3. The molecule has 0 saturated carbocycles. The maximum absolute atomic E-state index is 12.2. The number of hydrogen-bond donors (Lipinski definition) is 1. The van der Waals surface area contributed by atoms with Crippen molar-refractivity contribution in [3.8, 4) is 0 Å². The Balaban J connectivity index is 2.25. The van der Waals surface area contributed by atoms with Crippen LogP contribution in [0, 0.1) is 27.7 Å². The largest absolute Gasteiger partial charge is 0.322 e. The standard InChI is InChI=1S/C17H19NO/c1-11-5-6-13(3)16(9-11)18-17(19)15-8-7-12(2)14(4)10-15/h5-10H,1-4H3,(H,18,19). The molecule has 98 valence electrons. The first-order valence-corrected chi connectivity index (χ1v) is 6.43. The first-order chi connectivity index (χ1) is 8.97. The van der Waals surface area contributed by atoms with Crippen LogP contribution in [-0.2, 0) is 0 Å². The summed E-state index contributed by atoms with van der Waals surface area (Å²) in [7, 11) is 0. The van der Waals surface area contributed by atoms with Gasteiger partial charge in [-0.05, 0) is 68.1 Å². The van der Waals surface area contributed by atoms with Crippen molar-refractivity contribution < 1.29 is 4.79 Å². The average molecular weight is 253 g/mol. The van der Waals surface area contributed by atoms with Gasteiger partial charge in [0.1, 0.15) is 0 Å². The Kier molecular flexibility index (Phi) is 3.70. The second kappa shape index (κ2) is 5.27. The van der Waals surface area contributed by atoms with Crippen LogP contribution >= 0.6 is 0 Å². The molecule has 0 aromatic heterocycles. The summed E-state index contributed by atoms with van der Waals surface area (Å²) < 4.78 is 0. The van der Waals surface area contributed by atoms with Crippen molar-refractivity contribution in [3.05, 3.63) is 64.2 Å². The Morgan fingerprint density at radius 1 is 0.842 bits per heavy atom. The molecule has 1 N–H and O–H groups in total. The Hall–Kier alpha value is -2.09. The van der Waals surface area contributed by atoms with Crippen LogP contribution < -0.4 is 5.32 Å². The van der Waals surface area contributed by atoms with Gasteiger partial charge >= 0.3 is 0 Å². The van der Waals surface area contributed by atoms with Gasteiger partial charge in [-0.25, -0.2) is 0 Å². The van der Waals surface area contributed by atoms with E-state index >= 15 is 0 Å². The molecule has 0 unspecified atom stereocenters. The zero-order valence-corrected chi connectivity index (χ0v) is 11.9. The number of rotatable bonds is 2. The first-order valence-electron chi connectivity index (χ1n) is 6.43. The van der Waals surface area contributed by atoms with Crippen molar-refractivity contribution >= 4 is 11.6 Å². The van der Waals surface area contributed by atoms with Crippen LogP contribution in [0.1, 0.15) is 32.6 Å². The third kappa shape index (κ3) is 3.02. The molecule has 0 aliphatic rings. The maximum atomic E-state index is 12.2. The summed E-state index contributed by atoms with van der Waals surface area (Å²) in [5.74, 6) is -0.0585. The van der Waals surface area contributed by atoms with Gasteiger partial charge < -0.3 is 5.32 Å². The van der Waals surface area contributed by atoms with Gasteiger partial charge in [0.15, 0.2) is 0 Å². The van der Waals surface area contributed by atoms with E-state index < -0.39 is 0 Å². The van der Waals surface area contributed by atoms with Crippen molar-refractivity contribution in [2.24, 2.45) is 0 Å². The van der Waals surface area contributed by atoms with Crippen LogP contribution in [0.2, 0.25) is 0 Å². The summed E-state index contributed by atoms with van der Waals surface area (Å²) in [6, 6.07) is 11.8. The molecule has 0 aliphatic carbocycles. The highest BCUT2D eigenvalue weighted by molar-refractivity contribution is 6.04. The molecule has 0 heterocycles. The number of aryl methyl sites for hydroxylation is 4. The summed E-state index contributed by atoms with van der Waals surface area (Å²) in [5.41, 5.74) is 6.12. The summed E-state index contributed by atoms with van der Waals surface area (Å²) in [6.45, 7) is 8.08. The minimum absolute atomic E-state index is 0.0585. The lowest BCUT2D eigenvalue weighted by Crippen LogP contribution is -2.13. The van der Waals surface area contributed by atoms with E-state index in [1.807, 2.05) is 64.1 Å². The van der Waals surface area contributed by atoms with Crippen LogP contribution in [-0.4, -0.2) is 5.91 Å². The van der Waals surface area contributed by atoms with Crippen LogP contribution in [0.25, 0.3) is 0 Å². The van der Waals surface area contributed by atoms with Gasteiger partial charge in [-0.15, -0.1) is 0 Å². The third-order valence-electron chi connectivity index (χ3n) is 3.41. The van der Waals surface area contributed by atoms with E-state index in [1.165, 1.54) is 5.56 Å². The molecule has 2 aromatic rings. The lowest BCUT2D eigenvalue weighted by molar-refractivity contribution is 0.102. The van der Waals surface area contributed by atoms with Gasteiger partial charge in [0.2, 0.25) is 0 Å². The molecule has 0 saturated heterocycles. The van der Waals surface area contributed by atoms with Gasteiger partial charge in [0.25, 0.3) is 5.91 Å². The van der Waals surface area contributed by atoms with Gasteiger partial charge in [0, 0.05) is 11.3 Å². The summed E-state index contributed by atoms with van der Waals surface area (Å²) >= 11 is 0. The molecule has 0 radical (unpaired) electrons. The summed E-state index contributed by atoms with van der Waals surface area (Å²) in [6.07, 6.45) is 0. The number of hydrogen-bond acceptors (Lipinski definition) is 1. The minimum atomic E-state index is -0.0585. The van der Waals surface area contributed by atoms with Crippen LogP contribution in [0.4, 0.5) is 5.69 Å². The molecule has 0 fully saturated rings. The highest BCUT2D eigenvalue weighted by Crippen LogP contribution is 2.18. The summed E-state index contributed by atoms with van der Waals surface area (Å²) in [5, 5.41) is 2.98. The number of benzene rings is 2. The fourth-order valence-corrected chi connectivity index (χ4v) is 1.95. The highest BCUT2D eigenvalue weighted by Gasteiger charge is 2.08. The molecule has 19 heavy (non-hydrogen) atoms. The zero-order valence-electron chi connectivity index (χ0n) is 11.9. The topological polar surface area (TPSA) is 29.1 Å². The third-order valence-corrected chi connectivity index (χ3v) is 3.41. The number of nitrogens with one attached hydrogen (secondary N) is 1. The molecule has 2 nitrogen and oxygen atoms in total. The quantitative estimate of drug-likeness (QED) is 0.855. The molecule has 2 aromatic carbocycles. The highest BCUT2D eigenvalue weighted by atomic mass is 16.1. The lowest BCUT2D eigenvalue weighted by Gasteiger charge is -2.10. The van der Waals surface area contributed by atoms with Crippen molar-refractivity contribution in [2.75, 3.05) is 5.32 Å². The van der Waals surface area contributed by atoms with E-state index in [1.54, 1.807) is 0 Å². The van der Waals surface area contributed by atoms with Crippen molar-refractivity contribution in [3.63, 3.8) is 0 Å². The monoisotopic (exact) mass is 253 g/mol. The van der Waals surface area contributed by atoms with E-state index in [4.69, 9.17) is 0 Å². The Bertz CT molecular complexity index is 629. The molecular weight excluding hydrogens is 234 g/mol. The van der Waals surface area contributed by atoms with Crippen LogP contribution in [0.15, 0.2) is 36.4 Å². The van der Waals surface area contributed by atoms with Crippen LogP contribution in [0.3, 0.4) is 0 Å². The molecule has 0 spiro atoms. The fourth-order valence-electron chi connectivity index (χ4n) is 1.95. The van der Waals surface area contributed by atoms with Gasteiger partial charge in [0.05, 0.1) is 0 Å². The molecular formula is C17H19NO. The average Bonchev–Trinajstić information content (AvgIpc) is 2.37. The van der Waals surface area contributed by atoms with Gasteiger partial charge in [-0.1, -0.05) is 18.2 Å². The molecule has 0 atom stereocenters. The van der Waals surface area contributed by atoms with Crippen LogP contribution in [0.5, 0.6) is 0 Å². The predicted octanol–water partition coefficient (Wildman–Crippen LogP) is 4.17. The molecule has 0 bridgehead atoms. The number of carbonyl (C=O) groups is 1. The van der Waals surface area contributed by atoms with E-state index in [-0.39, 0.29) is 5.91 Å². The SMILES string of the molecule is Cc1ccc(C)c(NC(=O)c2ccc(C)c(C)c2)c1. The van der Waals surface area contributed by atoms with E-state index in [2.05, 4.69) is 5.32 Å². The number of amides is 1. The Morgan fingerprint density at radius 2 is 1.53 bits per heavy atom. The number of carbonyl (C=O) groups excluding carboxylic acids is 1. The predicted molar refractivity (Wildman–Crippen MR) is 79.8 cm³/mol. The minimum Gasteiger partial charge on any atom is -0.322 e. The molecule has 1 amide bonds. The molecule has 2 rings (SSSR count). The summed E-state index contributed by atoms with van der Waals surface area (Å²) in [4.78, 5) is 12.2. The normalized spacial score (nSPS) is 10.3. The Labute approximate surface area is 114 Å². The van der Waals surface area contributed by atoms with Gasteiger partial charge in [-0.3, -0.25) is 4.79 Å². The second-order valence-electron chi connectivity index (χ2n) is 5.07. The lowest BCUT2D eigenvalue weighted by atomic mass is 10.1. The van der Waals surface area contributed by atoms with Crippen molar-refractivity contribution in [1.82, 2.24) is 0 Å². The van der Waals surface area contributed by atoms with Gasteiger partial charge in [-0.2, -0.15) is 0 Å². The van der Waals surface area contributed by atoms with E-state index in [9.17, 15) is 4.79 Å². The number of anilines is 1. The van der Waals surface area contributed by atoms with Crippen molar-refractivity contribution in [2.45, 2.75) is 27.7 Å². The Morgan fingerprint density at radius 3 is 2.21 bits per heavy atom. The smallest absolute Gasteiger partial charge is 0.255 e. The zero-order chi connectivity index (χ0) is 14.0. The van der Waals surface area contributed by atoms with E-state index in [0.29, 0.717) is 5.56 Å². The van der Waals surface area contributed by atoms with E-state index in [0.717, 1.165) is 22.4 Å². The maximum Gasteiger partial charge on any atom is 0.255 e. The molecule has 0 aliphatic heterocycles.